The molecule has 3 atom stereocenters. The van der Waals surface area contributed by atoms with Crippen LogP contribution in [0, 0.1) is 17.8 Å². The van der Waals surface area contributed by atoms with Gasteiger partial charge in [-0.05, 0) is 18.8 Å². The molecule has 0 heterocycles. The van der Waals surface area contributed by atoms with E-state index in [1.54, 1.807) is 0 Å². The molecule has 1 aliphatic carbocycles. The van der Waals surface area contributed by atoms with Crippen LogP contribution in [-0.4, -0.2) is 5.78 Å². The van der Waals surface area contributed by atoms with Crippen LogP contribution < -0.4 is 0 Å². The number of allylic oxidation sites excluding steroid dienone is 1. The molecule has 1 saturated carbocycles. The van der Waals surface area contributed by atoms with Crippen LogP contribution in [0.3, 0.4) is 0 Å². The Hall–Kier alpha value is -0.590. The first-order chi connectivity index (χ1) is 5.57. The SMILES string of the molecule is C=C(C)[C@H]1CC(=O)[C@H](C)[C@H]1CC. The van der Waals surface area contributed by atoms with Crippen LogP contribution in [0.1, 0.15) is 33.6 Å². The third-order valence-electron chi connectivity index (χ3n) is 3.19. The topological polar surface area (TPSA) is 17.1 Å². The Kier molecular flexibility index (Phi) is 2.71. The van der Waals surface area contributed by atoms with Crippen LogP contribution in [0.15, 0.2) is 12.2 Å². The second-order valence-corrected chi connectivity index (χ2v) is 3.98. The van der Waals surface area contributed by atoms with Crippen molar-refractivity contribution in [2.45, 2.75) is 33.6 Å². The molecule has 0 N–H and O–H groups in total. The third-order valence-corrected chi connectivity index (χ3v) is 3.19. The van der Waals surface area contributed by atoms with Crippen molar-refractivity contribution >= 4 is 5.78 Å². The van der Waals surface area contributed by atoms with Crippen LogP contribution in [0.4, 0.5) is 0 Å². The fourth-order valence-corrected chi connectivity index (χ4v) is 2.32. The van der Waals surface area contributed by atoms with Crippen molar-refractivity contribution in [2.75, 3.05) is 0 Å². The third kappa shape index (κ3) is 1.45. The standard InChI is InChI=1S/C11H18O/c1-5-9-8(4)11(12)6-10(9)7(2)3/h8-10H,2,5-6H2,1,3-4H3/t8-,9-,10-/m1/s1. The van der Waals surface area contributed by atoms with E-state index in [2.05, 4.69) is 20.4 Å². The van der Waals surface area contributed by atoms with Crippen LogP contribution in [0.25, 0.3) is 0 Å². The van der Waals surface area contributed by atoms with Gasteiger partial charge in [0.05, 0.1) is 0 Å². The molecule has 0 radical (unpaired) electrons. The van der Waals surface area contributed by atoms with Crippen molar-refractivity contribution < 1.29 is 4.79 Å². The Balaban J connectivity index is 2.78. The molecule has 1 fully saturated rings. The number of carbonyl (C=O) groups is 1. The molecule has 1 heteroatoms. The van der Waals surface area contributed by atoms with Gasteiger partial charge in [0.25, 0.3) is 0 Å². The van der Waals surface area contributed by atoms with E-state index in [1.165, 1.54) is 5.57 Å². The molecule has 0 unspecified atom stereocenters. The predicted octanol–water partition coefficient (Wildman–Crippen LogP) is 2.81. The van der Waals surface area contributed by atoms with Gasteiger partial charge in [-0.1, -0.05) is 32.4 Å². The first-order valence-corrected chi connectivity index (χ1v) is 4.76. The molecular weight excluding hydrogens is 148 g/mol. The Morgan fingerprint density at radius 3 is 2.58 bits per heavy atom. The first-order valence-electron chi connectivity index (χ1n) is 4.76. The molecule has 1 aliphatic rings. The lowest BCUT2D eigenvalue weighted by atomic mass is 9.84. The fraction of sp³-hybridized carbons (Fsp3) is 0.727. The highest BCUT2D eigenvalue weighted by Gasteiger charge is 2.38. The predicted molar refractivity (Wildman–Crippen MR) is 50.9 cm³/mol. The largest absolute Gasteiger partial charge is 0.299 e. The summed E-state index contributed by atoms with van der Waals surface area (Å²) < 4.78 is 0. The maximum absolute atomic E-state index is 11.4. The minimum atomic E-state index is 0.261. The van der Waals surface area contributed by atoms with Crippen molar-refractivity contribution in [3.05, 3.63) is 12.2 Å². The van der Waals surface area contributed by atoms with E-state index in [1.807, 2.05) is 6.92 Å². The minimum absolute atomic E-state index is 0.261. The molecule has 0 aromatic rings. The molecule has 1 rings (SSSR count). The maximum Gasteiger partial charge on any atom is 0.136 e. The summed E-state index contributed by atoms with van der Waals surface area (Å²) in [6, 6.07) is 0. The Labute approximate surface area is 74.9 Å². The van der Waals surface area contributed by atoms with E-state index in [4.69, 9.17) is 0 Å². The highest BCUT2D eigenvalue weighted by atomic mass is 16.1. The lowest BCUT2D eigenvalue weighted by Gasteiger charge is -2.19. The first kappa shape index (κ1) is 9.50. The Morgan fingerprint density at radius 1 is 1.67 bits per heavy atom. The molecular formula is C11H18O. The minimum Gasteiger partial charge on any atom is -0.299 e. The number of hydrogen-bond acceptors (Lipinski definition) is 1. The zero-order valence-electron chi connectivity index (χ0n) is 8.26. The summed E-state index contributed by atoms with van der Waals surface area (Å²) in [7, 11) is 0. The number of rotatable bonds is 2. The van der Waals surface area contributed by atoms with Gasteiger partial charge < -0.3 is 0 Å². The van der Waals surface area contributed by atoms with Crippen molar-refractivity contribution in [1.82, 2.24) is 0 Å². The van der Waals surface area contributed by atoms with E-state index < -0.39 is 0 Å². The summed E-state index contributed by atoms with van der Waals surface area (Å²) in [5.74, 6) is 1.69. The van der Waals surface area contributed by atoms with Gasteiger partial charge in [-0.15, -0.1) is 0 Å². The van der Waals surface area contributed by atoms with Crippen molar-refractivity contribution in [2.24, 2.45) is 17.8 Å². The van der Waals surface area contributed by atoms with E-state index in [0.29, 0.717) is 17.6 Å². The molecule has 0 amide bonds. The fourth-order valence-electron chi connectivity index (χ4n) is 2.32. The van der Waals surface area contributed by atoms with Crippen molar-refractivity contribution in [1.29, 1.82) is 0 Å². The summed E-state index contributed by atoms with van der Waals surface area (Å²) in [4.78, 5) is 11.4. The zero-order valence-corrected chi connectivity index (χ0v) is 8.26. The maximum atomic E-state index is 11.4. The van der Waals surface area contributed by atoms with Gasteiger partial charge in [0.2, 0.25) is 0 Å². The molecule has 0 spiro atoms. The summed E-state index contributed by atoms with van der Waals surface area (Å²) in [5.41, 5.74) is 1.18. The smallest absolute Gasteiger partial charge is 0.136 e. The second kappa shape index (κ2) is 3.42. The van der Waals surface area contributed by atoms with Crippen LogP contribution in [0.2, 0.25) is 0 Å². The highest BCUT2D eigenvalue weighted by molar-refractivity contribution is 5.84. The summed E-state index contributed by atoms with van der Waals surface area (Å²) in [6.45, 7) is 10.2. The number of hydrogen-bond donors (Lipinski definition) is 0. The van der Waals surface area contributed by atoms with Gasteiger partial charge in [-0.25, -0.2) is 0 Å². The molecule has 0 aliphatic heterocycles. The zero-order chi connectivity index (χ0) is 9.30. The molecule has 0 saturated heterocycles. The second-order valence-electron chi connectivity index (χ2n) is 3.98. The highest BCUT2D eigenvalue weighted by Crippen LogP contribution is 2.39. The lowest BCUT2D eigenvalue weighted by Crippen LogP contribution is -2.14. The quantitative estimate of drug-likeness (QED) is 0.576. The normalized spacial score (nSPS) is 35.6. The van der Waals surface area contributed by atoms with Gasteiger partial charge in [-0.3, -0.25) is 4.79 Å². The molecule has 12 heavy (non-hydrogen) atoms. The molecule has 0 aromatic carbocycles. The van der Waals surface area contributed by atoms with Crippen molar-refractivity contribution in [3.63, 3.8) is 0 Å². The van der Waals surface area contributed by atoms with Crippen molar-refractivity contribution in [3.8, 4) is 0 Å². The van der Waals surface area contributed by atoms with Crippen LogP contribution in [0.5, 0.6) is 0 Å². The number of carbonyl (C=O) groups excluding carboxylic acids is 1. The average Bonchev–Trinajstić information content (AvgIpc) is 2.29. The molecule has 0 aromatic heterocycles. The summed E-state index contributed by atoms with van der Waals surface area (Å²) in [6.07, 6.45) is 1.83. The van der Waals surface area contributed by atoms with Crippen LogP contribution >= 0.6 is 0 Å². The Bertz CT molecular complexity index is 205. The number of Topliss-reactive ketones (excluding diaryl/α,β-unsaturated/α-hetero) is 1. The summed E-state index contributed by atoms with van der Waals surface area (Å²) >= 11 is 0. The number of ketones is 1. The van der Waals surface area contributed by atoms with E-state index in [9.17, 15) is 4.79 Å². The molecule has 0 bridgehead atoms. The lowest BCUT2D eigenvalue weighted by molar-refractivity contribution is -0.120. The van der Waals surface area contributed by atoms with Gasteiger partial charge in [0, 0.05) is 12.3 Å². The average molecular weight is 166 g/mol. The van der Waals surface area contributed by atoms with Gasteiger partial charge >= 0.3 is 0 Å². The van der Waals surface area contributed by atoms with E-state index >= 15 is 0 Å². The van der Waals surface area contributed by atoms with Gasteiger partial charge in [0.15, 0.2) is 0 Å². The van der Waals surface area contributed by atoms with E-state index in [0.717, 1.165) is 12.8 Å². The summed E-state index contributed by atoms with van der Waals surface area (Å²) in [5, 5.41) is 0. The van der Waals surface area contributed by atoms with Gasteiger partial charge in [-0.2, -0.15) is 0 Å². The Morgan fingerprint density at radius 2 is 2.25 bits per heavy atom. The molecule has 1 nitrogen and oxygen atoms in total. The monoisotopic (exact) mass is 166 g/mol. The molecule has 68 valence electrons. The van der Waals surface area contributed by atoms with Gasteiger partial charge in [0.1, 0.15) is 5.78 Å². The van der Waals surface area contributed by atoms with E-state index in [-0.39, 0.29) is 5.92 Å². The van der Waals surface area contributed by atoms with Crippen LogP contribution in [-0.2, 0) is 4.79 Å².